The third-order valence-corrected chi connectivity index (χ3v) is 5.92. The summed E-state index contributed by atoms with van der Waals surface area (Å²) in [7, 11) is 0. The molecule has 2 aromatic heterocycles. The number of benzene rings is 2. The second kappa shape index (κ2) is 8.22. The van der Waals surface area contributed by atoms with Crippen LogP contribution in [0.3, 0.4) is 0 Å². The number of hydrogen-bond donors (Lipinski definition) is 1. The first kappa shape index (κ1) is 18.7. The molecule has 1 N–H and O–H groups in total. The van der Waals surface area contributed by atoms with Crippen LogP contribution in [0.15, 0.2) is 60.0 Å². The lowest BCUT2D eigenvalue weighted by Gasteiger charge is -2.27. The summed E-state index contributed by atoms with van der Waals surface area (Å²) < 4.78 is 5.41. The summed E-state index contributed by atoms with van der Waals surface area (Å²) in [6.45, 7) is 2.24. The molecule has 0 unspecified atom stereocenters. The Morgan fingerprint density at radius 3 is 2.60 bits per heavy atom. The summed E-state index contributed by atoms with van der Waals surface area (Å²) in [5.74, 6) is 0.494. The molecule has 0 aliphatic carbocycles. The van der Waals surface area contributed by atoms with Gasteiger partial charge in [0.25, 0.3) is 5.91 Å². The number of carbonyl (C=O) groups excluding carboxylic acids is 1. The van der Waals surface area contributed by atoms with Gasteiger partial charge in [0.05, 0.1) is 35.5 Å². The van der Waals surface area contributed by atoms with Crippen LogP contribution in [0, 0.1) is 0 Å². The molecular weight excluding hydrogens is 396 g/mol. The molecule has 3 heterocycles. The van der Waals surface area contributed by atoms with E-state index in [-0.39, 0.29) is 5.91 Å². The van der Waals surface area contributed by atoms with Crippen LogP contribution in [0.4, 0.5) is 0 Å². The fourth-order valence-corrected chi connectivity index (χ4v) is 4.25. The highest BCUT2D eigenvalue weighted by Gasteiger charge is 2.24. The summed E-state index contributed by atoms with van der Waals surface area (Å²) in [6.07, 6.45) is 1.83. The first-order valence-corrected chi connectivity index (χ1v) is 10.7. The minimum Gasteiger partial charge on any atom is -0.378 e. The van der Waals surface area contributed by atoms with Crippen LogP contribution in [0.5, 0.6) is 0 Å². The number of rotatable bonds is 4. The zero-order valence-electron chi connectivity index (χ0n) is 16.2. The Labute approximate surface area is 177 Å². The third-order valence-electron chi connectivity index (χ3n) is 5.01. The summed E-state index contributed by atoms with van der Waals surface area (Å²) in [6, 6.07) is 17.8. The summed E-state index contributed by atoms with van der Waals surface area (Å²) in [5.41, 5.74) is 4.05. The molecule has 1 aliphatic heterocycles. The van der Waals surface area contributed by atoms with E-state index in [9.17, 15) is 4.79 Å². The van der Waals surface area contributed by atoms with Crippen LogP contribution in [0.1, 0.15) is 11.5 Å². The van der Waals surface area contributed by atoms with Crippen molar-refractivity contribution < 1.29 is 9.53 Å². The maximum absolute atomic E-state index is 13.4. The molecule has 0 atom stereocenters. The van der Waals surface area contributed by atoms with Gasteiger partial charge in [-0.15, -0.1) is 11.3 Å². The van der Waals surface area contributed by atoms with E-state index in [0.717, 1.165) is 27.3 Å². The number of carbonyl (C=O) groups is 1. The van der Waals surface area contributed by atoms with E-state index in [2.05, 4.69) is 9.97 Å². The van der Waals surface area contributed by atoms with Gasteiger partial charge in [-0.05, 0) is 18.2 Å². The number of amides is 1. The van der Waals surface area contributed by atoms with Crippen LogP contribution >= 0.6 is 11.3 Å². The second-order valence-electron chi connectivity index (χ2n) is 7.01. The molecular formula is C23H20N4O2S. The quantitative estimate of drug-likeness (QED) is 0.509. The van der Waals surface area contributed by atoms with Crippen molar-refractivity contribution in [2.75, 3.05) is 26.3 Å². The molecule has 1 fully saturated rings. The Morgan fingerprint density at radius 1 is 1.03 bits per heavy atom. The Morgan fingerprint density at radius 2 is 1.80 bits per heavy atom. The molecule has 2 aromatic carbocycles. The molecule has 1 aliphatic rings. The van der Waals surface area contributed by atoms with Crippen molar-refractivity contribution in [2.45, 2.75) is 0 Å². The first-order chi connectivity index (χ1) is 14.8. The standard InChI is InChI=1S/C23H20N4O2S/c28-23(27-10-12-29-13-11-27)18(21-25-19-8-4-5-9-20(19)26-21)14-17-15-30-22(24-17)16-6-2-1-3-7-16/h1-9,14-15H,10-13H2,(H,25,26)/b18-14+. The molecule has 5 rings (SSSR count). The van der Waals surface area contributed by atoms with Gasteiger partial charge in [0.2, 0.25) is 0 Å². The molecule has 0 bridgehead atoms. The molecule has 1 amide bonds. The number of H-pyrrole nitrogens is 1. The van der Waals surface area contributed by atoms with E-state index >= 15 is 0 Å². The number of aromatic amines is 1. The highest BCUT2D eigenvalue weighted by Crippen LogP contribution is 2.27. The van der Waals surface area contributed by atoms with Crippen LogP contribution in [-0.2, 0) is 9.53 Å². The van der Waals surface area contributed by atoms with Crippen molar-refractivity contribution >= 4 is 39.9 Å². The largest absolute Gasteiger partial charge is 0.378 e. The maximum Gasteiger partial charge on any atom is 0.257 e. The zero-order chi connectivity index (χ0) is 20.3. The first-order valence-electron chi connectivity index (χ1n) is 9.83. The average molecular weight is 417 g/mol. The van der Waals surface area contributed by atoms with Gasteiger partial charge < -0.3 is 14.6 Å². The molecule has 4 aromatic rings. The zero-order valence-corrected chi connectivity index (χ0v) is 17.1. The molecule has 150 valence electrons. The van der Waals surface area contributed by atoms with Gasteiger partial charge in [-0.3, -0.25) is 4.79 Å². The lowest BCUT2D eigenvalue weighted by Crippen LogP contribution is -2.41. The van der Waals surface area contributed by atoms with E-state index in [1.165, 1.54) is 0 Å². The van der Waals surface area contributed by atoms with Crippen molar-refractivity contribution in [1.82, 2.24) is 19.9 Å². The van der Waals surface area contributed by atoms with E-state index in [0.29, 0.717) is 37.7 Å². The fourth-order valence-electron chi connectivity index (χ4n) is 3.46. The van der Waals surface area contributed by atoms with Crippen LogP contribution < -0.4 is 0 Å². The van der Waals surface area contributed by atoms with Gasteiger partial charge in [-0.25, -0.2) is 9.97 Å². The predicted octanol–water partition coefficient (Wildman–Crippen LogP) is 4.09. The van der Waals surface area contributed by atoms with Crippen molar-refractivity contribution in [2.24, 2.45) is 0 Å². The molecule has 0 radical (unpaired) electrons. The summed E-state index contributed by atoms with van der Waals surface area (Å²) >= 11 is 1.56. The number of thiazole rings is 1. The van der Waals surface area contributed by atoms with Crippen LogP contribution in [0.2, 0.25) is 0 Å². The van der Waals surface area contributed by atoms with E-state index in [4.69, 9.17) is 9.72 Å². The fraction of sp³-hybridized carbons (Fsp3) is 0.174. The van der Waals surface area contributed by atoms with Gasteiger partial charge in [0, 0.05) is 24.0 Å². The van der Waals surface area contributed by atoms with E-state index in [1.54, 1.807) is 11.3 Å². The highest BCUT2D eigenvalue weighted by atomic mass is 32.1. The number of para-hydroxylation sites is 2. The number of imidazole rings is 1. The minimum absolute atomic E-state index is 0.0633. The van der Waals surface area contributed by atoms with Crippen molar-refractivity contribution in [1.29, 1.82) is 0 Å². The Bertz CT molecular complexity index is 1170. The average Bonchev–Trinajstić information content (AvgIpc) is 3.45. The predicted molar refractivity (Wildman–Crippen MR) is 119 cm³/mol. The highest BCUT2D eigenvalue weighted by molar-refractivity contribution is 7.13. The third kappa shape index (κ3) is 3.77. The van der Waals surface area contributed by atoms with Crippen LogP contribution in [-0.4, -0.2) is 52.1 Å². The van der Waals surface area contributed by atoms with Gasteiger partial charge in [0.1, 0.15) is 10.8 Å². The summed E-state index contributed by atoms with van der Waals surface area (Å²) in [5, 5.41) is 2.89. The van der Waals surface area contributed by atoms with Crippen molar-refractivity contribution in [3.05, 3.63) is 71.5 Å². The second-order valence-corrected chi connectivity index (χ2v) is 7.87. The monoisotopic (exact) mass is 416 g/mol. The minimum atomic E-state index is -0.0633. The molecule has 1 saturated heterocycles. The molecule has 0 spiro atoms. The maximum atomic E-state index is 13.4. The lowest BCUT2D eigenvalue weighted by atomic mass is 10.1. The number of hydrogen-bond acceptors (Lipinski definition) is 5. The van der Waals surface area contributed by atoms with Crippen molar-refractivity contribution in [3.8, 4) is 10.6 Å². The molecule has 7 heteroatoms. The number of nitrogens with zero attached hydrogens (tertiary/aromatic N) is 3. The van der Waals surface area contributed by atoms with Crippen molar-refractivity contribution in [3.63, 3.8) is 0 Å². The number of fused-ring (bicyclic) bond motifs is 1. The Hall–Kier alpha value is -3.29. The number of aromatic nitrogens is 3. The molecule has 6 nitrogen and oxygen atoms in total. The lowest BCUT2D eigenvalue weighted by molar-refractivity contribution is -0.128. The van der Waals surface area contributed by atoms with Gasteiger partial charge >= 0.3 is 0 Å². The van der Waals surface area contributed by atoms with E-state index < -0.39 is 0 Å². The van der Waals surface area contributed by atoms with Crippen LogP contribution in [0.25, 0.3) is 33.3 Å². The Kier molecular flexibility index (Phi) is 5.13. The topological polar surface area (TPSA) is 71.1 Å². The molecule has 0 saturated carbocycles. The SMILES string of the molecule is O=C(/C(=C/c1csc(-c2ccccc2)n1)c1nc2ccccc2[nH]1)N1CCOCC1. The normalized spacial score (nSPS) is 14.9. The number of ether oxygens (including phenoxy) is 1. The van der Waals surface area contributed by atoms with Gasteiger partial charge in [0.15, 0.2) is 0 Å². The Balaban J connectivity index is 1.55. The van der Waals surface area contributed by atoms with Gasteiger partial charge in [-0.2, -0.15) is 0 Å². The molecule has 30 heavy (non-hydrogen) atoms. The summed E-state index contributed by atoms with van der Waals surface area (Å²) in [4.78, 5) is 27.9. The van der Waals surface area contributed by atoms with Gasteiger partial charge in [-0.1, -0.05) is 42.5 Å². The number of morpholine rings is 1. The smallest absolute Gasteiger partial charge is 0.257 e. The van der Waals surface area contributed by atoms with E-state index in [1.807, 2.05) is 71.0 Å². The number of nitrogens with one attached hydrogen (secondary N) is 1.